The normalized spacial score (nSPS) is 36.5. The summed E-state index contributed by atoms with van der Waals surface area (Å²) in [6, 6.07) is -0.723. The average Bonchev–Trinajstić information content (AvgIpc) is 1.82. The lowest BCUT2D eigenvalue weighted by Gasteiger charge is -2.37. The SMILES string of the molecule is N[C@H]1CN([O-])CC(=O)[C@H]1O. The molecule has 0 radical (unpaired) electrons. The van der Waals surface area contributed by atoms with Gasteiger partial charge in [-0.1, -0.05) is 0 Å². The number of Topliss-reactive ketones (excluding diaryl/α,β-unsaturated/α-hetero) is 1. The summed E-state index contributed by atoms with van der Waals surface area (Å²) >= 11 is 0. The van der Waals surface area contributed by atoms with Gasteiger partial charge in [0, 0.05) is 19.1 Å². The molecule has 1 fully saturated rings. The maximum atomic E-state index is 10.6. The second-order valence-corrected chi connectivity index (χ2v) is 2.40. The van der Waals surface area contributed by atoms with E-state index in [-0.39, 0.29) is 13.1 Å². The molecule has 1 aliphatic rings. The third-order valence-electron chi connectivity index (χ3n) is 1.48. The molecule has 0 bridgehead atoms. The highest BCUT2D eigenvalue weighted by Gasteiger charge is 2.27. The zero-order valence-corrected chi connectivity index (χ0v) is 5.36. The lowest BCUT2D eigenvalue weighted by Crippen LogP contribution is -2.55. The van der Waals surface area contributed by atoms with Crippen LogP contribution in [0.2, 0.25) is 0 Å². The Morgan fingerprint density at radius 1 is 1.80 bits per heavy atom. The molecule has 0 amide bonds. The van der Waals surface area contributed by atoms with Crippen molar-refractivity contribution in [3.8, 4) is 0 Å². The van der Waals surface area contributed by atoms with Crippen molar-refractivity contribution in [1.29, 1.82) is 0 Å². The van der Waals surface area contributed by atoms with Crippen molar-refractivity contribution < 1.29 is 9.90 Å². The standard InChI is InChI=1S/C5H9N2O3/c6-3-1-7(10)2-4(8)5(3)9/h3,5,9H,1-2,6H2/q-1/t3-,5-/m0/s1. The number of nitrogens with zero attached hydrogens (tertiary/aromatic N) is 1. The van der Waals surface area contributed by atoms with Gasteiger partial charge >= 0.3 is 0 Å². The Morgan fingerprint density at radius 2 is 2.40 bits per heavy atom. The summed E-state index contributed by atoms with van der Waals surface area (Å²) in [7, 11) is 0. The minimum atomic E-state index is -1.15. The van der Waals surface area contributed by atoms with Crippen molar-refractivity contribution in [2.24, 2.45) is 5.73 Å². The summed E-state index contributed by atoms with van der Waals surface area (Å²) in [5, 5.41) is 20.0. The van der Waals surface area contributed by atoms with Crippen molar-refractivity contribution in [3.63, 3.8) is 0 Å². The molecule has 1 rings (SSSR count). The number of rotatable bonds is 0. The van der Waals surface area contributed by atoms with Crippen LogP contribution in [-0.4, -0.2) is 41.2 Å². The van der Waals surface area contributed by atoms with Crippen molar-refractivity contribution in [2.75, 3.05) is 13.1 Å². The van der Waals surface area contributed by atoms with Gasteiger partial charge in [-0.15, -0.1) is 0 Å². The fourth-order valence-electron chi connectivity index (χ4n) is 0.906. The third-order valence-corrected chi connectivity index (χ3v) is 1.48. The van der Waals surface area contributed by atoms with Gasteiger partial charge in [0.15, 0.2) is 5.78 Å². The Bertz CT molecular complexity index is 150. The van der Waals surface area contributed by atoms with Crippen molar-refractivity contribution in [2.45, 2.75) is 12.1 Å². The maximum absolute atomic E-state index is 10.6. The number of nitrogens with two attached hydrogens (primary N) is 1. The van der Waals surface area contributed by atoms with E-state index < -0.39 is 17.9 Å². The molecular weight excluding hydrogens is 136 g/mol. The molecule has 0 saturated carbocycles. The number of ketones is 1. The van der Waals surface area contributed by atoms with Gasteiger partial charge in [0.25, 0.3) is 0 Å². The van der Waals surface area contributed by atoms with Crippen molar-refractivity contribution in [3.05, 3.63) is 5.21 Å². The van der Waals surface area contributed by atoms with E-state index in [1.165, 1.54) is 0 Å². The molecule has 1 aliphatic heterocycles. The second-order valence-electron chi connectivity index (χ2n) is 2.40. The number of hydrogen-bond acceptors (Lipinski definition) is 5. The van der Waals surface area contributed by atoms with Crippen LogP contribution in [0.15, 0.2) is 0 Å². The van der Waals surface area contributed by atoms with E-state index in [0.29, 0.717) is 5.06 Å². The average molecular weight is 145 g/mol. The zero-order valence-electron chi connectivity index (χ0n) is 5.36. The second kappa shape index (κ2) is 2.63. The lowest BCUT2D eigenvalue weighted by molar-refractivity contribution is -0.131. The molecule has 10 heavy (non-hydrogen) atoms. The molecule has 2 atom stereocenters. The lowest BCUT2D eigenvalue weighted by atomic mass is 10.0. The summed E-state index contributed by atoms with van der Waals surface area (Å²) in [5.41, 5.74) is 5.25. The molecule has 1 heterocycles. The van der Waals surface area contributed by atoms with Gasteiger partial charge in [0.2, 0.25) is 0 Å². The van der Waals surface area contributed by atoms with Gasteiger partial charge in [0.1, 0.15) is 6.10 Å². The van der Waals surface area contributed by atoms with Crippen LogP contribution in [0.5, 0.6) is 0 Å². The van der Waals surface area contributed by atoms with Crippen molar-refractivity contribution >= 4 is 5.78 Å². The molecule has 0 unspecified atom stereocenters. The fraction of sp³-hybridized carbons (Fsp3) is 0.800. The first-order valence-corrected chi connectivity index (χ1v) is 2.99. The first-order valence-electron chi connectivity index (χ1n) is 2.99. The number of piperidine rings is 1. The van der Waals surface area contributed by atoms with E-state index in [2.05, 4.69) is 0 Å². The number of carbonyl (C=O) groups is 1. The monoisotopic (exact) mass is 145 g/mol. The largest absolute Gasteiger partial charge is 0.785 e. The van der Waals surface area contributed by atoms with Crippen LogP contribution in [0.4, 0.5) is 0 Å². The number of hydrogen-bond donors (Lipinski definition) is 2. The molecule has 0 aromatic carbocycles. The molecule has 0 spiro atoms. The van der Waals surface area contributed by atoms with Gasteiger partial charge in [-0.25, -0.2) is 0 Å². The quantitative estimate of drug-likeness (QED) is 0.414. The summed E-state index contributed by atoms with van der Waals surface area (Å²) in [6.07, 6.45) is -1.15. The maximum Gasteiger partial charge on any atom is 0.175 e. The third kappa shape index (κ3) is 1.32. The van der Waals surface area contributed by atoms with Crippen molar-refractivity contribution in [1.82, 2.24) is 5.06 Å². The Hall–Kier alpha value is -0.490. The highest BCUT2D eigenvalue weighted by molar-refractivity contribution is 5.86. The number of hydroxylamine groups is 2. The first kappa shape index (κ1) is 7.62. The molecule has 0 aromatic rings. The number of carbonyl (C=O) groups excluding carboxylic acids is 1. The summed E-state index contributed by atoms with van der Waals surface area (Å²) in [5.74, 6) is -0.492. The van der Waals surface area contributed by atoms with Crippen LogP contribution in [-0.2, 0) is 4.79 Å². The van der Waals surface area contributed by atoms with Crippen LogP contribution < -0.4 is 5.73 Å². The molecule has 5 heteroatoms. The highest BCUT2D eigenvalue weighted by Crippen LogP contribution is 2.03. The highest BCUT2D eigenvalue weighted by atomic mass is 16.5. The van der Waals surface area contributed by atoms with E-state index >= 15 is 0 Å². The molecule has 58 valence electrons. The summed E-state index contributed by atoms with van der Waals surface area (Å²) in [6.45, 7) is -0.207. The van der Waals surface area contributed by atoms with Crippen LogP contribution in [0.25, 0.3) is 0 Å². The first-order chi connectivity index (χ1) is 4.61. The van der Waals surface area contributed by atoms with Gasteiger partial charge < -0.3 is 21.1 Å². The molecule has 0 aliphatic carbocycles. The molecular formula is C5H9N2O3-. The Balaban J connectivity index is 2.57. The number of aliphatic hydroxyl groups excluding tert-OH is 1. The smallest absolute Gasteiger partial charge is 0.175 e. The van der Waals surface area contributed by atoms with Gasteiger partial charge in [-0.3, -0.25) is 4.79 Å². The molecule has 5 nitrogen and oxygen atoms in total. The van der Waals surface area contributed by atoms with E-state index in [0.717, 1.165) is 0 Å². The van der Waals surface area contributed by atoms with E-state index in [1.54, 1.807) is 0 Å². The zero-order chi connectivity index (χ0) is 7.72. The Kier molecular flexibility index (Phi) is 2.00. The molecule has 3 N–H and O–H groups in total. The fourth-order valence-corrected chi connectivity index (χ4v) is 0.906. The number of aliphatic hydroxyl groups is 1. The van der Waals surface area contributed by atoms with Crippen LogP contribution in [0.3, 0.4) is 0 Å². The van der Waals surface area contributed by atoms with Gasteiger partial charge in [-0.05, 0) is 0 Å². The topological polar surface area (TPSA) is 89.6 Å². The molecule has 0 aromatic heterocycles. The van der Waals surface area contributed by atoms with E-state index in [1.807, 2.05) is 0 Å². The molecule has 1 saturated heterocycles. The van der Waals surface area contributed by atoms with E-state index in [9.17, 15) is 10.0 Å². The Morgan fingerprint density at radius 3 is 2.90 bits per heavy atom. The van der Waals surface area contributed by atoms with Gasteiger partial charge in [0.05, 0.1) is 0 Å². The minimum absolute atomic E-state index is 0.0346. The Labute approximate surface area is 58.0 Å². The predicted molar refractivity (Wildman–Crippen MR) is 33.9 cm³/mol. The van der Waals surface area contributed by atoms with Gasteiger partial charge in [-0.2, -0.15) is 0 Å². The van der Waals surface area contributed by atoms with Crippen LogP contribution in [0.1, 0.15) is 0 Å². The van der Waals surface area contributed by atoms with Crippen LogP contribution in [0, 0.1) is 5.21 Å². The summed E-state index contributed by atoms with van der Waals surface area (Å²) in [4.78, 5) is 10.6. The predicted octanol–water partition coefficient (Wildman–Crippen LogP) is -1.94. The minimum Gasteiger partial charge on any atom is -0.785 e. The summed E-state index contributed by atoms with van der Waals surface area (Å²) < 4.78 is 0. The van der Waals surface area contributed by atoms with E-state index in [4.69, 9.17) is 10.8 Å². The van der Waals surface area contributed by atoms with Crippen LogP contribution >= 0.6 is 0 Å².